The molecule has 0 aliphatic heterocycles. The van der Waals surface area contributed by atoms with Crippen LogP contribution in [0.3, 0.4) is 0 Å². The summed E-state index contributed by atoms with van der Waals surface area (Å²) in [5, 5.41) is 0. The molecule has 0 aliphatic carbocycles. The summed E-state index contributed by atoms with van der Waals surface area (Å²) < 4.78 is 16.7. The molecule has 2 N–H and O–H groups in total. The van der Waals surface area contributed by atoms with Gasteiger partial charge in [0, 0.05) is 6.04 Å². The first kappa shape index (κ1) is 18.0. The number of thioether (sulfide) groups is 1. The van der Waals surface area contributed by atoms with Crippen molar-refractivity contribution in [2.75, 3.05) is 32.8 Å². The average molecular weight is 313 g/mol. The third-order valence-electron chi connectivity index (χ3n) is 3.28. The Bertz CT molecular complexity index is 401. The minimum Gasteiger partial charge on any atom is -0.493 e. The average Bonchev–Trinajstić information content (AvgIpc) is 2.51. The Morgan fingerprint density at radius 1 is 1.19 bits per heavy atom. The first-order valence-corrected chi connectivity index (χ1v) is 8.67. The van der Waals surface area contributed by atoms with E-state index < -0.39 is 0 Å². The SMILES string of the molecule is CCC(N)Cc1cc(OC)c(OCCCSC)c(OC)c1. The smallest absolute Gasteiger partial charge is 0.203 e. The van der Waals surface area contributed by atoms with Crippen LogP contribution in [0, 0.1) is 0 Å². The molecule has 0 spiro atoms. The predicted octanol–water partition coefficient (Wildman–Crippen LogP) is 3.12. The van der Waals surface area contributed by atoms with Crippen molar-refractivity contribution in [3.05, 3.63) is 17.7 Å². The van der Waals surface area contributed by atoms with Gasteiger partial charge in [-0.25, -0.2) is 0 Å². The molecule has 0 heterocycles. The molecular weight excluding hydrogens is 286 g/mol. The number of rotatable bonds is 10. The molecule has 0 fully saturated rings. The van der Waals surface area contributed by atoms with Crippen LogP contribution >= 0.6 is 11.8 Å². The molecule has 0 radical (unpaired) electrons. The normalized spacial score (nSPS) is 12.0. The van der Waals surface area contributed by atoms with Gasteiger partial charge in [-0.1, -0.05) is 6.92 Å². The van der Waals surface area contributed by atoms with Gasteiger partial charge in [0.25, 0.3) is 0 Å². The number of hydrogen-bond donors (Lipinski definition) is 1. The second-order valence-electron chi connectivity index (χ2n) is 4.90. The Balaban J connectivity index is 2.90. The van der Waals surface area contributed by atoms with E-state index in [0.717, 1.165) is 30.6 Å². The maximum absolute atomic E-state index is 6.02. The molecule has 0 saturated heterocycles. The molecule has 5 heteroatoms. The van der Waals surface area contributed by atoms with E-state index in [2.05, 4.69) is 13.2 Å². The van der Waals surface area contributed by atoms with E-state index in [0.29, 0.717) is 23.9 Å². The number of nitrogens with two attached hydrogens (primary N) is 1. The fraction of sp³-hybridized carbons (Fsp3) is 0.625. The van der Waals surface area contributed by atoms with Crippen LogP contribution in [0.5, 0.6) is 17.2 Å². The second kappa shape index (κ2) is 9.79. The zero-order valence-electron chi connectivity index (χ0n) is 13.5. The van der Waals surface area contributed by atoms with Crippen molar-refractivity contribution >= 4 is 11.8 Å². The Kier molecular flexibility index (Phi) is 8.38. The second-order valence-corrected chi connectivity index (χ2v) is 5.88. The van der Waals surface area contributed by atoms with Crippen LogP contribution < -0.4 is 19.9 Å². The molecule has 120 valence electrons. The maximum atomic E-state index is 6.02. The first-order chi connectivity index (χ1) is 10.2. The Labute approximate surface area is 132 Å². The van der Waals surface area contributed by atoms with E-state index in [-0.39, 0.29) is 6.04 Å². The molecule has 0 aromatic heterocycles. The summed E-state index contributed by atoms with van der Waals surface area (Å²) in [5.74, 6) is 3.16. The van der Waals surface area contributed by atoms with Gasteiger partial charge in [0.1, 0.15) is 0 Å². The largest absolute Gasteiger partial charge is 0.493 e. The molecule has 1 rings (SSSR count). The lowest BCUT2D eigenvalue weighted by molar-refractivity contribution is 0.275. The van der Waals surface area contributed by atoms with Gasteiger partial charge < -0.3 is 19.9 Å². The van der Waals surface area contributed by atoms with Crippen LogP contribution in [0.1, 0.15) is 25.3 Å². The van der Waals surface area contributed by atoms with Gasteiger partial charge in [0.2, 0.25) is 5.75 Å². The third kappa shape index (κ3) is 5.67. The quantitative estimate of drug-likeness (QED) is 0.673. The lowest BCUT2D eigenvalue weighted by Gasteiger charge is -2.17. The summed E-state index contributed by atoms with van der Waals surface area (Å²) >= 11 is 1.81. The summed E-state index contributed by atoms with van der Waals surface area (Å²) in [6.07, 6.45) is 4.83. The monoisotopic (exact) mass is 313 g/mol. The maximum Gasteiger partial charge on any atom is 0.203 e. The lowest BCUT2D eigenvalue weighted by atomic mass is 10.0. The van der Waals surface area contributed by atoms with E-state index in [4.69, 9.17) is 19.9 Å². The fourth-order valence-corrected chi connectivity index (χ4v) is 2.43. The molecule has 0 aliphatic rings. The van der Waals surface area contributed by atoms with E-state index in [1.54, 1.807) is 14.2 Å². The van der Waals surface area contributed by atoms with Crippen LogP contribution in [-0.2, 0) is 6.42 Å². The standard InChI is InChI=1S/C16H27NO3S/c1-5-13(17)9-12-10-14(18-2)16(15(11-12)19-3)20-7-6-8-21-4/h10-11,13H,5-9,17H2,1-4H3. The van der Waals surface area contributed by atoms with E-state index >= 15 is 0 Å². The van der Waals surface area contributed by atoms with Crippen LogP contribution in [0.4, 0.5) is 0 Å². The van der Waals surface area contributed by atoms with E-state index in [1.165, 1.54) is 0 Å². The number of benzene rings is 1. The van der Waals surface area contributed by atoms with Gasteiger partial charge >= 0.3 is 0 Å². The van der Waals surface area contributed by atoms with E-state index in [1.807, 2.05) is 23.9 Å². The first-order valence-electron chi connectivity index (χ1n) is 7.28. The molecular formula is C16H27NO3S. The molecule has 1 aromatic carbocycles. The van der Waals surface area contributed by atoms with Crippen molar-refractivity contribution in [3.63, 3.8) is 0 Å². The molecule has 4 nitrogen and oxygen atoms in total. The molecule has 0 saturated carbocycles. The molecule has 0 amide bonds. The predicted molar refractivity (Wildman–Crippen MR) is 90.0 cm³/mol. The highest BCUT2D eigenvalue weighted by Gasteiger charge is 2.15. The topological polar surface area (TPSA) is 53.7 Å². The van der Waals surface area contributed by atoms with Crippen LogP contribution in [0.2, 0.25) is 0 Å². The third-order valence-corrected chi connectivity index (χ3v) is 3.98. The summed E-state index contributed by atoms with van der Waals surface area (Å²) in [6.45, 7) is 2.74. The summed E-state index contributed by atoms with van der Waals surface area (Å²) in [5.41, 5.74) is 7.13. The summed E-state index contributed by atoms with van der Waals surface area (Å²) in [4.78, 5) is 0. The number of hydrogen-bond acceptors (Lipinski definition) is 5. The van der Waals surface area contributed by atoms with Crippen molar-refractivity contribution in [3.8, 4) is 17.2 Å². The molecule has 1 unspecified atom stereocenters. The van der Waals surface area contributed by atoms with Crippen LogP contribution in [0.15, 0.2) is 12.1 Å². The van der Waals surface area contributed by atoms with Crippen molar-refractivity contribution in [2.45, 2.75) is 32.2 Å². The molecule has 0 bridgehead atoms. The summed E-state index contributed by atoms with van der Waals surface area (Å²) in [6, 6.07) is 4.12. The molecule has 1 atom stereocenters. The zero-order chi connectivity index (χ0) is 15.7. The Morgan fingerprint density at radius 3 is 2.29 bits per heavy atom. The summed E-state index contributed by atoms with van der Waals surface area (Å²) in [7, 11) is 3.29. The number of ether oxygens (including phenoxy) is 3. The molecule has 1 aromatic rings. The fourth-order valence-electron chi connectivity index (χ4n) is 2.02. The lowest BCUT2D eigenvalue weighted by Crippen LogP contribution is -2.21. The Morgan fingerprint density at radius 2 is 1.81 bits per heavy atom. The van der Waals surface area contributed by atoms with Gasteiger partial charge in [-0.3, -0.25) is 0 Å². The highest BCUT2D eigenvalue weighted by molar-refractivity contribution is 7.98. The van der Waals surface area contributed by atoms with Crippen molar-refractivity contribution < 1.29 is 14.2 Å². The van der Waals surface area contributed by atoms with Crippen molar-refractivity contribution in [2.24, 2.45) is 5.73 Å². The van der Waals surface area contributed by atoms with Gasteiger partial charge in [0.05, 0.1) is 20.8 Å². The molecule has 21 heavy (non-hydrogen) atoms. The Hall–Kier alpha value is -1.07. The van der Waals surface area contributed by atoms with Crippen molar-refractivity contribution in [1.29, 1.82) is 0 Å². The van der Waals surface area contributed by atoms with Crippen LogP contribution in [-0.4, -0.2) is 38.9 Å². The number of methoxy groups -OCH3 is 2. The minimum absolute atomic E-state index is 0.146. The van der Waals surface area contributed by atoms with Gasteiger partial charge in [0.15, 0.2) is 11.5 Å². The highest BCUT2D eigenvalue weighted by atomic mass is 32.2. The minimum atomic E-state index is 0.146. The van der Waals surface area contributed by atoms with Gasteiger partial charge in [-0.15, -0.1) is 0 Å². The van der Waals surface area contributed by atoms with Gasteiger partial charge in [-0.2, -0.15) is 11.8 Å². The van der Waals surface area contributed by atoms with Crippen molar-refractivity contribution in [1.82, 2.24) is 0 Å². The highest BCUT2D eigenvalue weighted by Crippen LogP contribution is 2.39. The van der Waals surface area contributed by atoms with Gasteiger partial charge in [-0.05, 0) is 49.0 Å². The van der Waals surface area contributed by atoms with Crippen LogP contribution in [0.25, 0.3) is 0 Å². The van der Waals surface area contributed by atoms with E-state index in [9.17, 15) is 0 Å². The zero-order valence-corrected chi connectivity index (χ0v) is 14.3.